The van der Waals surface area contributed by atoms with Crippen LogP contribution < -0.4 is 5.32 Å². The van der Waals surface area contributed by atoms with Crippen LogP contribution in [-0.2, 0) is 16.0 Å². The molecule has 1 aromatic carbocycles. The van der Waals surface area contributed by atoms with Gasteiger partial charge in [-0.05, 0) is 63.6 Å². The SMILES string of the molecule is CC(C)n1nccc1NC(=O)CN1CCCCC1C1CCN(C(=O)Cc2ccccc2F)CC1. The fourth-order valence-electron chi connectivity index (χ4n) is 5.39. The zero-order valence-electron chi connectivity index (χ0n) is 20.3. The lowest BCUT2D eigenvalue weighted by atomic mass is 9.83. The van der Waals surface area contributed by atoms with Crippen LogP contribution in [0.4, 0.5) is 10.2 Å². The summed E-state index contributed by atoms with van der Waals surface area (Å²) in [6.07, 6.45) is 7.03. The van der Waals surface area contributed by atoms with Gasteiger partial charge in [-0.25, -0.2) is 9.07 Å². The normalized spacial score (nSPS) is 20.0. The molecule has 2 aromatic rings. The molecule has 0 saturated carbocycles. The first-order chi connectivity index (χ1) is 16.4. The molecule has 2 fully saturated rings. The summed E-state index contributed by atoms with van der Waals surface area (Å²) in [6, 6.07) is 8.86. The summed E-state index contributed by atoms with van der Waals surface area (Å²) in [5.74, 6) is 0.859. The Bertz CT molecular complexity index is 983. The molecule has 1 atom stereocenters. The summed E-state index contributed by atoms with van der Waals surface area (Å²) >= 11 is 0. The van der Waals surface area contributed by atoms with Gasteiger partial charge in [0.2, 0.25) is 11.8 Å². The number of rotatable bonds is 7. The Hall–Kier alpha value is -2.74. The van der Waals surface area contributed by atoms with Crippen LogP contribution in [0.1, 0.15) is 57.6 Å². The van der Waals surface area contributed by atoms with Crippen molar-refractivity contribution >= 4 is 17.6 Å². The topological polar surface area (TPSA) is 70.5 Å². The molecule has 3 heterocycles. The second-order valence-corrected chi connectivity index (χ2v) is 9.82. The number of anilines is 1. The van der Waals surface area contributed by atoms with Gasteiger partial charge in [-0.1, -0.05) is 24.6 Å². The molecule has 0 spiro atoms. The highest BCUT2D eigenvalue weighted by Gasteiger charge is 2.34. The number of carbonyl (C=O) groups is 2. The van der Waals surface area contributed by atoms with Crippen LogP contribution in [0.25, 0.3) is 0 Å². The van der Waals surface area contributed by atoms with Crippen LogP contribution in [0.3, 0.4) is 0 Å². The maximum absolute atomic E-state index is 13.9. The van der Waals surface area contributed by atoms with E-state index in [1.165, 1.54) is 12.5 Å². The van der Waals surface area contributed by atoms with E-state index in [1.807, 2.05) is 29.5 Å². The minimum atomic E-state index is -0.321. The number of hydrogen-bond acceptors (Lipinski definition) is 4. The molecule has 34 heavy (non-hydrogen) atoms. The van der Waals surface area contributed by atoms with Crippen molar-refractivity contribution in [2.45, 2.75) is 64.5 Å². The summed E-state index contributed by atoms with van der Waals surface area (Å²) < 4.78 is 15.8. The number of nitrogens with one attached hydrogen (secondary N) is 1. The van der Waals surface area contributed by atoms with E-state index in [1.54, 1.807) is 24.4 Å². The van der Waals surface area contributed by atoms with E-state index in [4.69, 9.17) is 0 Å². The standard InChI is InChI=1S/C26H36FN5O2/c1-19(2)32-24(10-13-28-32)29-25(33)18-31-14-6-5-9-23(31)20-11-15-30(16-12-20)26(34)17-21-7-3-4-8-22(21)27/h3-4,7-8,10,13,19-20,23H,5-6,9,11-12,14-18H2,1-2H3,(H,29,33). The monoisotopic (exact) mass is 469 g/mol. The molecule has 1 N–H and O–H groups in total. The Labute approximate surface area is 201 Å². The van der Waals surface area contributed by atoms with Crippen molar-refractivity contribution in [3.8, 4) is 0 Å². The minimum Gasteiger partial charge on any atom is -0.342 e. The third-order valence-electron chi connectivity index (χ3n) is 7.17. The van der Waals surface area contributed by atoms with Crippen molar-refractivity contribution in [2.75, 3.05) is 31.5 Å². The van der Waals surface area contributed by atoms with E-state index >= 15 is 0 Å². The Morgan fingerprint density at radius 3 is 2.59 bits per heavy atom. The van der Waals surface area contributed by atoms with Gasteiger partial charge in [-0.3, -0.25) is 14.5 Å². The van der Waals surface area contributed by atoms with Gasteiger partial charge in [0, 0.05) is 31.2 Å². The lowest BCUT2D eigenvalue weighted by Crippen LogP contribution is -2.51. The fraction of sp³-hybridized carbons (Fsp3) is 0.577. The third-order valence-corrected chi connectivity index (χ3v) is 7.17. The van der Waals surface area contributed by atoms with E-state index in [0.717, 1.165) is 38.0 Å². The third kappa shape index (κ3) is 5.84. The molecular weight excluding hydrogens is 433 g/mol. The van der Waals surface area contributed by atoms with Gasteiger partial charge in [0.25, 0.3) is 0 Å². The highest BCUT2D eigenvalue weighted by atomic mass is 19.1. The Balaban J connectivity index is 1.30. The van der Waals surface area contributed by atoms with Crippen molar-refractivity contribution < 1.29 is 14.0 Å². The van der Waals surface area contributed by atoms with E-state index in [-0.39, 0.29) is 30.1 Å². The first kappa shape index (κ1) is 24.4. The van der Waals surface area contributed by atoms with Crippen LogP contribution in [0.5, 0.6) is 0 Å². The summed E-state index contributed by atoms with van der Waals surface area (Å²) in [5, 5.41) is 7.32. The molecule has 0 aliphatic carbocycles. The zero-order valence-corrected chi connectivity index (χ0v) is 20.3. The van der Waals surface area contributed by atoms with Crippen molar-refractivity contribution in [2.24, 2.45) is 5.92 Å². The van der Waals surface area contributed by atoms with Crippen molar-refractivity contribution in [3.05, 3.63) is 47.9 Å². The number of likely N-dealkylation sites (tertiary alicyclic amines) is 2. The van der Waals surface area contributed by atoms with E-state index < -0.39 is 0 Å². The highest BCUT2D eigenvalue weighted by Crippen LogP contribution is 2.31. The van der Waals surface area contributed by atoms with E-state index in [9.17, 15) is 14.0 Å². The average Bonchev–Trinajstić information content (AvgIpc) is 3.29. The first-order valence-electron chi connectivity index (χ1n) is 12.5. The minimum absolute atomic E-state index is 0.00759. The number of piperidine rings is 2. The largest absolute Gasteiger partial charge is 0.342 e. The van der Waals surface area contributed by atoms with Crippen LogP contribution in [0.15, 0.2) is 36.5 Å². The smallest absolute Gasteiger partial charge is 0.239 e. The number of halogens is 1. The summed E-state index contributed by atoms with van der Waals surface area (Å²) in [7, 11) is 0. The molecule has 8 heteroatoms. The second kappa shape index (κ2) is 11.1. The van der Waals surface area contributed by atoms with Crippen LogP contribution in [0, 0.1) is 11.7 Å². The van der Waals surface area contributed by atoms with Crippen molar-refractivity contribution in [1.29, 1.82) is 0 Å². The number of benzene rings is 1. The van der Waals surface area contributed by atoms with Gasteiger partial charge in [0.15, 0.2) is 0 Å². The van der Waals surface area contributed by atoms with Gasteiger partial charge in [0.1, 0.15) is 11.6 Å². The molecule has 7 nitrogen and oxygen atoms in total. The molecule has 2 saturated heterocycles. The summed E-state index contributed by atoms with van der Waals surface area (Å²) in [4.78, 5) is 29.8. The molecule has 0 radical (unpaired) electrons. The predicted molar refractivity (Wildman–Crippen MR) is 130 cm³/mol. The van der Waals surface area contributed by atoms with Gasteiger partial charge in [-0.2, -0.15) is 5.10 Å². The molecule has 1 unspecified atom stereocenters. The molecule has 4 rings (SSSR count). The number of aromatic nitrogens is 2. The van der Waals surface area contributed by atoms with Crippen LogP contribution >= 0.6 is 0 Å². The van der Waals surface area contributed by atoms with Crippen LogP contribution in [-0.4, -0.2) is 63.6 Å². The Morgan fingerprint density at radius 2 is 1.85 bits per heavy atom. The Kier molecular flexibility index (Phi) is 7.98. The molecular formula is C26H36FN5O2. The molecule has 2 amide bonds. The summed E-state index contributed by atoms with van der Waals surface area (Å²) in [5.41, 5.74) is 0.456. The molecule has 2 aliphatic heterocycles. The van der Waals surface area contributed by atoms with Crippen LogP contribution in [0.2, 0.25) is 0 Å². The highest BCUT2D eigenvalue weighted by molar-refractivity contribution is 5.91. The Morgan fingerprint density at radius 1 is 1.09 bits per heavy atom. The predicted octanol–water partition coefficient (Wildman–Crippen LogP) is 3.88. The number of amides is 2. The van der Waals surface area contributed by atoms with Crippen molar-refractivity contribution in [1.82, 2.24) is 19.6 Å². The lowest BCUT2D eigenvalue weighted by Gasteiger charge is -2.43. The van der Waals surface area contributed by atoms with Crippen molar-refractivity contribution in [3.63, 3.8) is 0 Å². The first-order valence-corrected chi connectivity index (χ1v) is 12.5. The van der Waals surface area contributed by atoms with Gasteiger partial charge in [-0.15, -0.1) is 0 Å². The van der Waals surface area contributed by atoms with E-state index in [0.29, 0.717) is 37.2 Å². The number of hydrogen-bond donors (Lipinski definition) is 1. The molecule has 0 bridgehead atoms. The molecule has 2 aliphatic rings. The van der Waals surface area contributed by atoms with Gasteiger partial charge in [0.05, 0.1) is 19.2 Å². The quantitative estimate of drug-likeness (QED) is 0.668. The number of carbonyl (C=O) groups excluding carboxylic acids is 2. The zero-order chi connectivity index (χ0) is 24.1. The second-order valence-electron chi connectivity index (χ2n) is 9.82. The summed E-state index contributed by atoms with van der Waals surface area (Å²) in [6.45, 7) is 6.77. The molecule has 184 valence electrons. The lowest BCUT2D eigenvalue weighted by molar-refractivity contribution is -0.132. The average molecular weight is 470 g/mol. The number of nitrogens with zero attached hydrogens (tertiary/aromatic N) is 4. The fourth-order valence-corrected chi connectivity index (χ4v) is 5.39. The van der Waals surface area contributed by atoms with E-state index in [2.05, 4.69) is 15.3 Å². The van der Waals surface area contributed by atoms with Gasteiger partial charge < -0.3 is 10.2 Å². The van der Waals surface area contributed by atoms with Gasteiger partial charge >= 0.3 is 0 Å². The maximum Gasteiger partial charge on any atom is 0.239 e. The molecule has 1 aromatic heterocycles. The maximum atomic E-state index is 13.9.